The molecule has 1 aliphatic rings. The predicted octanol–water partition coefficient (Wildman–Crippen LogP) is 1.31. The van der Waals surface area contributed by atoms with Crippen LogP contribution in [0.4, 0.5) is 11.4 Å². The molecule has 3 N–H and O–H groups in total. The average molecular weight is 385 g/mol. The number of benzene rings is 2. The second-order valence-corrected chi connectivity index (χ2v) is 6.52. The number of anilines is 2. The van der Waals surface area contributed by atoms with Gasteiger partial charge >= 0.3 is 11.8 Å². The first-order valence-electron chi connectivity index (χ1n) is 8.88. The molecule has 0 saturated heterocycles. The molecule has 0 radical (unpaired) electrons. The molecule has 1 unspecified atom stereocenters. The highest BCUT2D eigenvalue weighted by molar-refractivity contribution is 6.39. The van der Waals surface area contributed by atoms with Crippen LogP contribution in [-0.2, 0) is 9.59 Å². The number of fused-ring (bicyclic) bond motifs is 1. The molecule has 1 atom stereocenters. The third-order valence-corrected chi connectivity index (χ3v) is 4.26. The molecule has 0 bridgehead atoms. The van der Waals surface area contributed by atoms with Gasteiger partial charge < -0.3 is 30.1 Å². The number of aliphatic hydroxyl groups excluding tert-OH is 1. The lowest BCUT2D eigenvalue weighted by Gasteiger charge is -2.19. The van der Waals surface area contributed by atoms with Gasteiger partial charge in [-0.05, 0) is 29.8 Å². The summed E-state index contributed by atoms with van der Waals surface area (Å²) in [6, 6.07) is 12.2. The van der Waals surface area contributed by atoms with Crippen molar-refractivity contribution in [1.29, 1.82) is 0 Å². The Bertz CT molecular complexity index is 851. The van der Waals surface area contributed by atoms with Crippen molar-refractivity contribution < 1.29 is 24.2 Å². The maximum Gasteiger partial charge on any atom is 0.313 e. The van der Waals surface area contributed by atoms with E-state index in [4.69, 9.17) is 9.47 Å². The maximum absolute atomic E-state index is 12.1. The van der Waals surface area contributed by atoms with Gasteiger partial charge in [-0.2, -0.15) is 0 Å². The zero-order valence-electron chi connectivity index (χ0n) is 15.8. The first kappa shape index (κ1) is 19.5. The monoisotopic (exact) mass is 385 g/mol. The lowest BCUT2D eigenvalue weighted by molar-refractivity contribution is -0.136. The lowest BCUT2D eigenvalue weighted by Crippen LogP contribution is -2.37. The molecule has 2 aromatic carbocycles. The van der Waals surface area contributed by atoms with Gasteiger partial charge in [0.1, 0.15) is 13.2 Å². The summed E-state index contributed by atoms with van der Waals surface area (Å²) < 4.78 is 10.9. The molecular formula is C20H23N3O5. The van der Waals surface area contributed by atoms with Crippen LogP contribution in [0.5, 0.6) is 11.5 Å². The molecule has 3 rings (SSSR count). The van der Waals surface area contributed by atoms with Crippen LogP contribution in [0.3, 0.4) is 0 Å². The van der Waals surface area contributed by atoms with Crippen LogP contribution in [-0.4, -0.2) is 50.8 Å². The number of nitrogens with one attached hydrogen (secondary N) is 2. The van der Waals surface area contributed by atoms with Crippen LogP contribution in [0.1, 0.15) is 11.7 Å². The molecule has 28 heavy (non-hydrogen) atoms. The molecule has 0 fully saturated rings. The van der Waals surface area contributed by atoms with Crippen molar-refractivity contribution in [2.24, 2.45) is 0 Å². The van der Waals surface area contributed by atoms with Crippen molar-refractivity contribution in [3.63, 3.8) is 0 Å². The first-order valence-corrected chi connectivity index (χ1v) is 8.88. The summed E-state index contributed by atoms with van der Waals surface area (Å²) in [5.41, 5.74) is 2.07. The van der Waals surface area contributed by atoms with Crippen LogP contribution in [0.25, 0.3) is 0 Å². The SMILES string of the molecule is CN(C)c1ccc(C(O)CNC(=O)C(=O)Nc2ccc3c(c2)OCCO3)cc1. The minimum absolute atomic E-state index is 0.0747. The minimum Gasteiger partial charge on any atom is -0.486 e. The van der Waals surface area contributed by atoms with Gasteiger partial charge in [0.15, 0.2) is 11.5 Å². The molecule has 8 heteroatoms. The fourth-order valence-electron chi connectivity index (χ4n) is 2.69. The Morgan fingerprint density at radius 1 is 1.04 bits per heavy atom. The number of nitrogens with zero attached hydrogens (tertiary/aromatic N) is 1. The summed E-state index contributed by atoms with van der Waals surface area (Å²) in [6.07, 6.45) is -0.915. The van der Waals surface area contributed by atoms with Gasteiger partial charge in [0.05, 0.1) is 6.10 Å². The predicted molar refractivity (Wildman–Crippen MR) is 105 cm³/mol. The molecule has 0 aromatic heterocycles. The average Bonchev–Trinajstić information content (AvgIpc) is 2.71. The van der Waals surface area contributed by atoms with Gasteiger partial charge in [0.25, 0.3) is 0 Å². The summed E-state index contributed by atoms with van der Waals surface area (Å²) >= 11 is 0. The third kappa shape index (κ3) is 4.72. The zero-order valence-corrected chi connectivity index (χ0v) is 15.8. The summed E-state index contributed by atoms with van der Waals surface area (Å²) in [6.45, 7) is 0.828. The Labute approximate surface area is 163 Å². The summed E-state index contributed by atoms with van der Waals surface area (Å²) in [4.78, 5) is 26.0. The number of hydrogen-bond acceptors (Lipinski definition) is 6. The van der Waals surface area contributed by atoms with E-state index in [0.29, 0.717) is 36.0 Å². The first-order chi connectivity index (χ1) is 13.4. The molecular weight excluding hydrogens is 362 g/mol. The Morgan fingerprint density at radius 3 is 2.39 bits per heavy atom. The van der Waals surface area contributed by atoms with Gasteiger partial charge in [0.2, 0.25) is 0 Å². The Balaban J connectivity index is 1.52. The second kappa shape index (κ2) is 8.62. The third-order valence-electron chi connectivity index (χ3n) is 4.26. The van der Waals surface area contributed by atoms with Crippen LogP contribution < -0.4 is 25.0 Å². The van der Waals surface area contributed by atoms with E-state index >= 15 is 0 Å². The highest BCUT2D eigenvalue weighted by Gasteiger charge is 2.18. The highest BCUT2D eigenvalue weighted by Crippen LogP contribution is 2.32. The van der Waals surface area contributed by atoms with Crippen molar-refractivity contribution in [3.05, 3.63) is 48.0 Å². The largest absolute Gasteiger partial charge is 0.486 e. The molecule has 0 spiro atoms. The number of amides is 2. The van der Waals surface area contributed by atoms with E-state index in [9.17, 15) is 14.7 Å². The van der Waals surface area contributed by atoms with Gasteiger partial charge in [-0.15, -0.1) is 0 Å². The number of ether oxygens (including phenoxy) is 2. The van der Waals surface area contributed by atoms with E-state index in [1.54, 1.807) is 30.3 Å². The van der Waals surface area contributed by atoms with Crippen LogP contribution in [0, 0.1) is 0 Å². The van der Waals surface area contributed by atoms with E-state index in [0.717, 1.165) is 5.69 Å². The van der Waals surface area contributed by atoms with Gasteiger partial charge in [-0.3, -0.25) is 9.59 Å². The normalized spacial score (nSPS) is 13.4. The van der Waals surface area contributed by atoms with E-state index in [2.05, 4.69) is 10.6 Å². The Hall–Kier alpha value is -3.26. The van der Waals surface area contributed by atoms with Crippen molar-refractivity contribution >= 4 is 23.2 Å². The smallest absolute Gasteiger partial charge is 0.313 e. The topological polar surface area (TPSA) is 100 Å². The standard InChI is InChI=1S/C20H23N3O5/c1-23(2)15-6-3-13(4-7-15)16(24)12-21-19(25)20(26)22-14-5-8-17-18(11-14)28-10-9-27-17/h3-8,11,16,24H,9-10,12H2,1-2H3,(H,21,25)(H,22,26). The van der Waals surface area contributed by atoms with E-state index in [1.807, 2.05) is 31.1 Å². The van der Waals surface area contributed by atoms with Gasteiger partial charge in [-0.1, -0.05) is 12.1 Å². The number of carbonyl (C=O) groups excluding carboxylic acids is 2. The Kier molecular flexibility index (Phi) is 6.00. The zero-order chi connectivity index (χ0) is 20.1. The van der Waals surface area contributed by atoms with Crippen LogP contribution >= 0.6 is 0 Å². The maximum atomic E-state index is 12.1. The summed E-state index contributed by atoms with van der Waals surface area (Å²) in [5.74, 6) is -0.552. The highest BCUT2D eigenvalue weighted by atomic mass is 16.6. The summed E-state index contributed by atoms with van der Waals surface area (Å²) in [7, 11) is 3.85. The number of aliphatic hydroxyl groups is 1. The fraction of sp³-hybridized carbons (Fsp3) is 0.300. The molecule has 148 valence electrons. The number of carbonyl (C=O) groups is 2. The number of hydrogen-bond donors (Lipinski definition) is 3. The molecule has 8 nitrogen and oxygen atoms in total. The van der Waals surface area contributed by atoms with Crippen LogP contribution in [0.15, 0.2) is 42.5 Å². The molecule has 1 heterocycles. The van der Waals surface area contributed by atoms with E-state index in [-0.39, 0.29) is 6.54 Å². The van der Waals surface area contributed by atoms with Gasteiger partial charge in [0, 0.05) is 38.1 Å². The second-order valence-electron chi connectivity index (χ2n) is 6.52. The molecule has 2 amide bonds. The lowest BCUT2D eigenvalue weighted by atomic mass is 10.1. The molecule has 2 aromatic rings. The quantitative estimate of drug-likeness (QED) is 0.671. The summed E-state index contributed by atoms with van der Waals surface area (Å²) in [5, 5.41) is 15.1. The van der Waals surface area contributed by atoms with Crippen LogP contribution in [0.2, 0.25) is 0 Å². The molecule has 0 saturated carbocycles. The number of rotatable bonds is 5. The van der Waals surface area contributed by atoms with Gasteiger partial charge in [-0.25, -0.2) is 0 Å². The van der Waals surface area contributed by atoms with Crippen molar-refractivity contribution in [2.75, 3.05) is 44.1 Å². The Morgan fingerprint density at radius 2 is 1.71 bits per heavy atom. The van der Waals surface area contributed by atoms with E-state index in [1.165, 1.54) is 0 Å². The van der Waals surface area contributed by atoms with E-state index < -0.39 is 17.9 Å². The van der Waals surface area contributed by atoms with Crippen molar-refractivity contribution in [1.82, 2.24) is 5.32 Å². The minimum atomic E-state index is -0.915. The molecule has 1 aliphatic heterocycles. The van der Waals surface area contributed by atoms with Crippen molar-refractivity contribution in [3.8, 4) is 11.5 Å². The molecule has 0 aliphatic carbocycles. The van der Waals surface area contributed by atoms with Crippen molar-refractivity contribution in [2.45, 2.75) is 6.10 Å². The fourth-order valence-corrected chi connectivity index (χ4v) is 2.69.